The number of hydrogen-bond acceptors (Lipinski definition) is 16. The third kappa shape index (κ3) is 6.66. The molecule has 1 aliphatic heterocycles. The van der Waals surface area contributed by atoms with Crippen LogP contribution in [0.15, 0.2) is 12.7 Å². The molecule has 9 N–H and O–H groups in total. The SMILES string of the molecule is Nc1ncnc2c1ncn2[C@@H]1O[C@H](COP(=O)(OC[C@@H](O)[C@@H](O)[C@@H](O)C=O)OP(=O)(O)O)[C@@H](O)[P@@]1O. The predicted molar refractivity (Wildman–Crippen MR) is 116 cm³/mol. The number of nitrogens with two attached hydrogens (primary N) is 1. The lowest BCUT2D eigenvalue weighted by Gasteiger charge is -2.24. The van der Waals surface area contributed by atoms with Crippen LogP contribution in [-0.2, 0) is 32.0 Å². The summed E-state index contributed by atoms with van der Waals surface area (Å²) in [5.41, 5.74) is 6.06. The van der Waals surface area contributed by atoms with Crippen LogP contribution in [0, 0.1) is 0 Å². The summed E-state index contributed by atoms with van der Waals surface area (Å²) < 4.78 is 44.3. The molecule has 0 spiro atoms. The van der Waals surface area contributed by atoms with Crippen molar-refractivity contribution in [3.63, 3.8) is 0 Å². The number of aliphatic hydroxyl groups is 4. The van der Waals surface area contributed by atoms with Crippen LogP contribution >= 0.6 is 23.8 Å². The van der Waals surface area contributed by atoms with Gasteiger partial charge in [0, 0.05) is 0 Å². The van der Waals surface area contributed by atoms with E-state index >= 15 is 0 Å². The summed E-state index contributed by atoms with van der Waals surface area (Å²) in [5.74, 6) is -2.83. The van der Waals surface area contributed by atoms with Gasteiger partial charge in [0.15, 0.2) is 23.7 Å². The number of carbonyl (C=O) groups excluding carboxylic acids is 1. The lowest BCUT2D eigenvalue weighted by atomic mass is 10.1. The summed E-state index contributed by atoms with van der Waals surface area (Å²) >= 11 is 0. The number of aldehydes is 1. The van der Waals surface area contributed by atoms with E-state index in [9.17, 15) is 39.2 Å². The molecule has 8 atom stereocenters. The Balaban J connectivity index is 1.72. The first-order chi connectivity index (χ1) is 16.8. The van der Waals surface area contributed by atoms with Gasteiger partial charge in [-0.05, 0) is 0 Å². The van der Waals surface area contributed by atoms with E-state index in [4.69, 9.17) is 24.8 Å². The van der Waals surface area contributed by atoms with Crippen LogP contribution in [0.4, 0.5) is 5.82 Å². The molecule has 3 heterocycles. The summed E-state index contributed by atoms with van der Waals surface area (Å²) in [7, 11) is -13.1. The maximum Gasteiger partial charge on any atom is 0.483 e. The molecule has 0 amide bonds. The fourth-order valence-electron chi connectivity index (χ4n) is 2.89. The Labute approximate surface area is 202 Å². The molecule has 0 bridgehead atoms. The maximum absolute atomic E-state index is 12.7. The Morgan fingerprint density at radius 1 is 1.22 bits per heavy atom. The highest BCUT2D eigenvalue weighted by atomic mass is 31.3. The smallest absolute Gasteiger partial charge is 0.388 e. The van der Waals surface area contributed by atoms with Crippen LogP contribution in [0.1, 0.15) is 5.97 Å². The molecule has 0 aliphatic carbocycles. The Kier molecular flexibility index (Phi) is 9.25. The van der Waals surface area contributed by atoms with Crippen molar-refractivity contribution in [2.45, 2.75) is 36.2 Å². The third-order valence-corrected chi connectivity index (χ3v) is 8.92. The number of nitrogen functional groups attached to an aromatic ring is 1. The fourth-order valence-corrected chi connectivity index (χ4v) is 6.52. The van der Waals surface area contributed by atoms with Crippen molar-refractivity contribution < 1.29 is 67.1 Å². The van der Waals surface area contributed by atoms with Gasteiger partial charge in [-0.15, -0.1) is 0 Å². The molecule has 1 unspecified atom stereocenters. The molecule has 0 radical (unpaired) electrons. The van der Waals surface area contributed by atoms with Gasteiger partial charge >= 0.3 is 15.6 Å². The van der Waals surface area contributed by atoms with E-state index in [-0.39, 0.29) is 23.3 Å². The highest BCUT2D eigenvalue weighted by molar-refractivity contribution is 7.61. The quantitative estimate of drug-likeness (QED) is 0.0955. The van der Waals surface area contributed by atoms with Gasteiger partial charge in [0.05, 0.1) is 19.5 Å². The molecule has 2 aromatic rings. The van der Waals surface area contributed by atoms with Crippen LogP contribution in [0.5, 0.6) is 0 Å². The molecule has 0 saturated carbocycles. The summed E-state index contributed by atoms with van der Waals surface area (Å²) in [5, 5.41) is 38.9. The van der Waals surface area contributed by atoms with Gasteiger partial charge in [0.1, 0.15) is 50.3 Å². The van der Waals surface area contributed by atoms with Crippen molar-refractivity contribution >= 4 is 47.1 Å². The molecule has 1 fully saturated rings. The monoisotopic (exact) mass is 577 g/mol. The average molecular weight is 577 g/mol. The maximum atomic E-state index is 12.7. The molecule has 19 nitrogen and oxygen atoms in total. The van der Waals surface area contributed by atoms with Crippen molar-refractivity contribution in [2.24, 2.45) is 0 Å². The second kappa shape index (κ2) is 11.5. The molecule has 22 heteroatoms. The van der Waals surface area contributed by atoms with Gasteiger partial charge in [-0.25, -0.2) is 24.1 Å². The van der Waals surface area contributed by atoms with Crippen molar-refractivity contribution in [1.29, 1.82) is 0 Å². The highest BCUT2D eigenvalue weighted by Crippen LogP contribution is 2.62. The van der Waals surface area contributed by atoms with Crippen LogP contribution in [0.25, 0.3) is 11.2 Å². The normalized spacial score (nSPS) is 27.0. The predicted octanol–water partition coefficient (Wildman–Crippen LogP) is -2.50. The molecule has 0 aromatic carbocycles. The Hall–Kier alpha value is -1.53. The molecule has 2 aromatic heterocycles. The van der Waals surface area contributed by atoms with E-state index in [0.717, 1.165) is 6.33 Å². The zero-order chi connectivity index (χ0) is 26.8. The van der Waals surface area contributed by atoms with Crippen LogP contribution < -0.4 is 5.73 Å². The number of ether oxygens (including phenoxy) is 1. The molecular formula is C14H22N5O14P3. The highest BCUT2D eigenvalue weighted by Gasteiger charge is 2.47. The Morgan fingerprint density at radius 3 is 2.56 bits per heavy atom. The van der Waals surface area contributed by atoms with Gasteiger partial charge < -0.3 is 50.4 Å². The summed E-state index contributed by atoms with van der Waals surface area (Å²) in [6.45, 7) is -2.08. The van der Waals surface area contributed by atoms with Gasteiger partial charge in [-0.1, -0.05) is 0 Å². The molecule has 1 saturated heterocycles. The first-order valence-electron chi connectivity index (χ1n) is 9.65. The number of hydrogen-bond donors (Lipinski definition) is 8. The second-order valence-corrected chi connectivity index (χ2v) is 11.9. The minimum absolute atomic E-state index is 0.0417. The summed E-state index contributed by atoms with van der Waals surface area (Å²) in [6, 6.07) is 0. The van der Waals surface area contributed by atoms with Gasteiger partial charge in [-0.2, -0.15) is 4.31 Å². The molecule has 36 heavy (non-hydrogen) atoms. The number of rotatable bonds is 12. The van der Waals surface area contributed by atoms with E-state index in [0.29, 0.717) is 0 Å². The second-order valence-electron chi connectivity index (χ2n) is 7.17. The lowest BCUT2D eigenvalue weighted by molar-refractivity contribution is -0.127. The lowest BCUT2D eigenvalue weighted by Crippen LogP contribution is -2.40. The van der Waals surface area contributed by atoms with E-state index in [2.05, 4.69) is 23.8 Å². The number of aromatic nitrogens is 4. The number of nitrogens with zero attached hydrogens (tertiary/aromatic N) is 4. The van der Waals surface area contributed by atoms with E-state index in [1.54, 1.807) is 0 Å². The molecule has 1 aliphatic rings. The van der Waals surface area contributed by atoms with E-state index < -0.39 is 73.2 Å². The molecular weight excluding hydrogens is 555 g/mol. The number of fused-ring (bicyclic) bond motifs is 1. The average Bonchev–Trinajstić information content (AvgIpc) is 3.36. The number of anilines is 1. The number of carbonyl (C=O) groups is 1. The zero-order valence-electron chi connectivity index (χ0n) is 17.8. The number of aliphatic hydroxyl groups excluding tert-OH is 4. The standard InChI is InChI=1S/C14H22N5O14P3/c15-11-9-12(17-4-16-11)19(5-18-9)14-32-8(13(24)34(14)25)3-31-36(29,33-35(26,27)28)30-2-7(22)10(23)6(21)1-20/h1,4-8,10,13-14,21-25H,2-3H2,(H2,15,16,17)(H2,26,27,28)/t6-,7+,8+,10-,13-,14+,34+,36?/m0/s1. The van der Waals surface area contributed by atoms with E-state index in [1.807, 2.05) is 0 Å². The minimum Gasteiger partial charge on any atom is -0.388 e. The van der Waals surface area contributed by atoms with Gasteiger partial charge in [-0.3, -0.25) is 13.6 Å². The summed E-state index contributed by atoms with van der Waals surface area (Å²) in [6.07, 6.45) is -5.41. The van der Waals surface area contributed by atoms with E-state index in [1.165, 1.54) is 10.9 Å². The van der Waals surface area contributed by atoms with Crippen LogP contribution in [0.3, 0.4) is 0 Å². The van der Waals surface area contributed by atoms with Crippen LogP contribution in [0.2, 0.25) is 0 Å². The number of phosphoric acid groups is 2. The Bertz CT molecular complexity index is 1160. The van der Waals surface area contributed by atoms with Crippen LogP contribution in [-0.4, -0.2) is 104 Å². The molecule has 202 valence electrons. The topological polar surface area (TPSA) is 299 Å². The largest absolute Gasteiger partial charge is 0.483 e. The Morgan fingerprint density at radius 2 is 1.92 bits per heavy atom. The summed E-state index contributed by atoms with van der Waals surface area (Å²) in [4.78, 5) is 50.9. The van der Waals surface area contributed by atoms with Crippen molar-refractivity contribution in [1.82, 2.24) is 19.5 Å². The van der Waals surface area contributed by atoms with Gasteiger partial charge in [0.2, 0.25) is 0 Å². The van der Waals surface area contributed by atoms with Crippen molar-refractivity contribution in [3.8, 4) is 0 Å². The first-order valence-corrected chi connectivity index (χ1v) is 14.1. The first kappa shape index (κ1) is 29.0. The third-order valence-electron chi connectivity index (χ3n) is 4.64. The van der Waals surface area contributed by atoms with Crippen molar-refractivity contribution in [3.05, 3.63) is 12.7 Å². The number of phosphoric ester groups is 1. The fraction of sp³-hybridized carbons (Fsp3) is 0.571. The minimum atomic E-state index is -5.52. The number of imidazole rings is 1. The van der Waals surface area contributed by atoms with Gasteiger partial charge in [0.25, 0.3) is 0 Å². The molecule has 3 rings (SSSR count). The van der Waals surface area contributed by atoms with Crippen molar-refractivity contribution in [2.75, 3.05) is 18.9 Å². The zero-order valence-corrected chi connectivity index (χ0v) is 20.5.